The molecule has 2 heterocycles. The van der Waals surface area contributed by atoms with Crippen molar-refractivity contribution in [3.63, 3.8) is 0 Å². The molecule has 0 aliphatic carbocycles. The van der Waals surface area contributed by atoms with Crippen LogP contribution in [0.2, 0.25) is 16.6 Å². The van der Waals surface area contributed by atoms with Gasteiger partial charge in [0.1, 0.15) is 0 Å². The van der Waals surface area contributed by atoms with Crippen LogP contribution in [0.15, 0.2) is 23.8 Å². The Morgan fingerprint density at radius 1 is 1.17 bits per heavy atom. The molecule has 0 amide bonds. The highest BCUT2D eigenvalue weighted by molar-refractivity contribution is 6.77. The van der Waals surface area contributed by atoms with E-state index in [-0.39, 0.29) is 24.5 Å². The van der Waals surface area contributed by atoms with Crippen LogP contribution in [0.25, 0.3) is 0 Å². The topological polar surface area (TPSA) is 58.9 Å². The first-order valence-corrected chi connectivity index (χ1v) is 13.6. The largest absolute Gasteiger partial charge is 0.415 e. The van der Waals surface area contributed by atoms with E-state index < -0.39 is 20.0 Å². The van der Waals surface area contributed by atoms with Crippen molar-refractivity contribution >= 4 is 8.32 Å². The molecule has 2 rings (SSSR count). The number of fused-ring (bicyclic) bond motifs is 2. The summed E-state index contributed by atoms with van der Waals surface area (Å²) in [6, 6.07) is 0. The average Bonchev–Trinajstić information content (AvgIpc) is 2.58. The van der Waals surface area contributed by atoms with Crippen LogP contribution in [-0.4, -0.2) is 49.1 Å². The van der Waals surface area contributed by atoms with E-state index in [1.54, 1.807) is 6.92 Å². The van der Waals surface area contributed by atoms with E-state index in [0.717, 1.165) is 24.0 Å². The molecular formula is C24H44O4Si. The Labute approximate surface area is 179 Å². The zero-order valence-electron chi connectivity index (χ0n) is 19.9. The predicted octanol–water partition coefficient (Wildman–Crippen LogP) is 5.36. The maximum absolute atomic E-state index is 11.0. The van der Waals surface area contributed by atoms with Crippen LogP contribution < -0.4 is 0 Å². The second-order valence-corrected chi connectivity index (χ2v) is 16.0. The highest BCUT2D eigenvalue weighted by Gasteiger charge is 2.46. The van der Waals surface area contributed by atoms with Gasteiger partial charge in [0.25, 0.3) is 0 Å². The van der Waals surface area contributed by atoms with Crippen molar-refractivity contribution < 1.29 is 19.4 Å². The third-order valence-corrected chi connectivity index (χ3v) is 13.4. The number of aliphatic hydroxyl groups is 2. The van der Waals surface area contributed by atoms with Gasteiger partial charge in [-0.3, -0.25) is 0 Å². The molecule has 0 spiro atoms. The number of ether oxygens (including phenoxy) is 1. The third kappa shape index (κ3) is 5.07. The lowest BCUT2D eigenvalue weighted by Gasteiger charge is -2.44. The van der Waals surface area contributed by atoms with Crippen LogP contribution in [0.1, 0.15) is 74.7 Å². The molecule has 2 N–H and O–H groups in total. The second kappa shape index (κ2) is 9.35. The molecular weight excluding hydrogens is 380 g/mol. The summed E-state index contributed by atoms with van der Waals surface area (Å²) in [7, 11) is -1.97. The number of aliphatic hydroxyl groups excluding tert-OH is 1. The highest BCUT2D eigenvalue weighted by atomic mass is 28.4. The quantitative estimate of drug-likeness (QED) is 0.427. The van der Waals surface area contributed by atoms with Gasteiger partial charge in [0.2, 0.25) is 0 Å². The van der Waals surface area contributed by atoms with Crippen molar-refractivity contribution in [2.24, 2.45) is 5.92 Å². The van der Waals surface area contributed by atoms with Crippen molar-refractivity contribution in [1.82, 2.24) is 0 Å². The molecule has 1 saturated heterocycles. The Hall–Kier alpha value is -0.463. The minimum absolute atomic E-state index is 0.0544. The minimum Gasteiger partial charge on any atom is -0.415 e. The molecule has 0 saturated carbocycles. The van der Waals surface area contributed by atoms with Gasteiger partial charge in [-0.1, -0.05) is 55.0 Å². The van der Waals surface area contributed by atoms with E-state index in [1.165, 1.54) is 0 Å². The van der Waals surface area contributed by atoms with Gasteiger partial charge in [0, 0.05) is 18.9 Å². The Balaban J connectivity index is 2.27. The van der Waals surface area contributed by atoms with Gasteiger partial charge < -0.3 is 19.4 Å². The summed E-state index contributed by atoms with van der Waals surface area (Å²) in [6.45, 7) is 22.4. The standard InChI is InChI=1S/C24H44O4Si/c1-15(2)29(16(3)4,17(5)6)27-14-19(8)20-12-22-18(7)10-11-23(28-22)24(9,26)13-21(20)25/h12,15-17,19,21-23,25-26H,7,10-11,13-14H2,1-6,8-9H3/b20-12-/t19-,21+,22-,23-,24-/m1/s1. The summed E-state index contributed by atoms with van der Waals surface area (Å²) in [5, 5.41) is 22.0. The SMILES string of the molecule is C=C1CC[C@H]2O[C@@H]1/C=C(/[C@H](C)CO[Si](C(C)C)(C(C)C)C(C)C)[C@@H](O)C[C@@]2(C)O. The van der Waals surface area contributed by atoms with E-state index in [4.69, 9.17) is 9.16 Å². The van der Waals surface area contributed by atoms with Crippen molar-refractivity contribution in [1.29, 1.82) is 0 Å². The third-order valence-electron chi connectivity index (χ3n) is 7.33. The molecule has 5 heteroatoms. The summed E-state index contributed by atoms with van der Waals surface area (Å²) in [6.07, 6.45) is 2.73. The molecule has 0 radical (unpaired) electrons. The van der Waals surface area contributed by atoms with Crippen molar-refractivity contribution in [2.45, 2.75) is 115 Å². The molecule has 0 aromatic carbocycles. The van der Waals surface area contributed by atoms with Gasteiger partial charge in [-0.05, 0) is 53.6 Å². The van der Waals surface area contributed by atoms with Crippen molar-refractivity contribution in [3.8, 4) is 0 Å². The number of hydrogen-bond acceptors (Lipinski definition) is 4. The molecule has 0 aromatic rings. The second-order valence-electron chi connectivity index (χ2n) is 10.5. The van der Waals surface area contributed by atoms with Gasteiger partial charge in [-0.25, -0.2) is 0 Å². The fourth-order valence-corrected chi connectivity index (χ4v) is 11.2. The first kappa shape index (κ1) is 24.8. The Kier molecular flexibility index (Phi) is 8.00. The molecule has 2 aliphatic rings. The van der Waals surface area contributed by atoms with Gasteiger partial charge >= 0.3 is 0 Å². The lowest BCUT2D eigenvalue weighted by atomic mass is 9.79. The van der Waals surface area contributed by atoms with Gasteiger partial charge in [-0.2, -0.15) is 0 Å². The lowest BCUT2D eigenvalue weighted by Crippen LogP contribution is -2.50. The van der Waals surface area contributed by atoms with Crippen LogP contribution in [0.5, 0.6) is 0 Å². The maximum atomic E-state index is 11.0. The van der Waals surface area contributed by atoms with Crippen molar-refractivity contribution in [2.75, 3.05) is 6.61 Å². The Morgan fingerprint density at radius 3 is 2.24 bits per heavy atom. The molecule has 168 valence electrons. The van der Waals surface area contributed by atoms with Gasteiger partial charge in [0.05, 0.1) is 23.9 Å². The van der Waals surface area contributed by atoms with E-state index in [1.807, 2.05) is 6.08 Å². The van der Waals surface area contributed by atoms with Gasteiger partial charge in [-0.15, -0.1) is 0 Å². The molecule has 4 nitrogen and oxygen atoms in total. The highest BCUT2D eigenvalue weighted by Crippen LogP contribution is 2.43. The maximum Gasteiger partial charge on any atom is 0.200 e. The van der Waals surface area contributed by atoms with Crippen LogP contribution in [0.3, 0.4) is 0 Å². The predicted molar refractivity (Wildman–Crippen MR) is 123 cm³/mol. The lowest BCUT2D eigenvalue weighted by molar-refractivity contribution is -0.140. The first-order chi connectivity index (χ1) is 13.3. The average molecular weight is 425 g/mol. The Bertz CT molecular complexity index is 586. The number of hydrogen-bond donors (Lipinski definition) is 2. The summed E-state index contributed by atoms with van der Waals surface area (Å²) in [4.78, 5) is 0. The Morgan fingerprint density at radius 2 is 1.72 bits per heavy atom. The summed E-state index contributed by atoms with van der Waals surface area (Å²) < 4.78 is 13.0. The van der Waals surface area contributed by atoms with E-state index in [2.05, 4.69) is 55.0 Å². The van der Waals surface area contributed by atoms with E-state index in [9.17, 15) is 10.2 Å². The first-order valence-electron chi connectivity index (χ1n) is 11.4. The smallest absolute Gasteiger partial charge is 0.200 e. The molecule has 29 heavy (non-hydrogen) atoms. The minimum atomic E-state index is -1.97. The molecule has 5 atom stereocenters. The van der Waals surface area contributed by atoms with E-state index in [0.29, 0.717) is 23.2 Å². The summed E-state index contributed by atoms with van der Waals surface area (Å²) in [5.74, 6) is 0.0544. The van der Waals surface area contributed by atoms with E-state index >= 15 is 0 Å². The molecule has 2 bridgehead atoms. The summed E-state index contributed by atoms with van der Waals surface area (Å²) in [5.41, 5.74) is 2.45. The van der Waals surface area contributed by atoms with Crippen LogP contribution >= 0.6 is 0 Å². The van der Waals surface area contributed by atoms with Crippen LogP contribution in [0.4, 0.5) is 0 Å². The van der Waals surface area contributed by atoms with Crippen LogP contribution in [0, 0.1) is 5.92 Å². The molecule has 0 aromatic heterocycles. The summed E-state index contributed by atoms with van der Waals surface area (Å²) >= 11 is 0. The fourth-order valence-electron chi connectivity index (χ4n) is 5.70. The van der Waals surface area contributed by atoms with Crippen LogP contribution in [-0.2, 0) is 9.16 Å². The normalized spacial score (nSPS) is 34.2. The zero-order valence-corrected chi connectivity index (χ0v) is 20.9. The zero-order chi connectivity index (χ0) is 22.1. The fraction of sp³-hybridized carbons (Fsp3) is 0.833. The van der Waals surface area contributed by atoms with Crippen molar-refractivity contribution in [3.05, 3.63) is 23.8 Å². The monoisotopic (exact) mass is 424 g/mol. The molecule has 1 fully saturated rings. The van der Waals surface area contributed by atoms with Gasteiger partial charge in [0.15, 0.2) is 8.32 Å². The number of rotatable bonds is 7. The molecule has 2 aliphatic heterocycles. The molecule has 0 unspecified atom stereocenters.